The Kier molecular flexibility index (Phi) is 5.42. The molecule has 0 fully saturated rings. The number of carboxylic acids is 1. The lowest BCUT2D eigenvalue weighted by molar-refractivity contribution is 0.0690. The average molecular weight is 238 g/mol. The minimum Gasteiger partial charge on any atom is -0.477 e. The summed E-state index contributed by atoms with van der Waals surface area (Å²) in [4.78, 5) is 16.7. The summed E-state index contributed by atoms with van der Waals surface area (Å²) in [5.74, 6) is -1.01. The molecule has 5 heteroatoms. The molecular formula is C12H18N2O3. The van der Waals surface area contributed by atoms with Crippen LogP contribution in [0.1, 0.15) is 24.3 Å². The van der Waals surface area contributed by atoms with Crippen LogP contribution < -0.4 is 4.90 Å². The van der Waals surface area contributed by atoms with Gasteiger partial charge in [0.25, 0.3) is 0 Å². The van der Waals surface area contributed by atoms with Gasteiger partial charge < -0.3 is 14.7 Å². The standard InChI is InChI=1S/C12H18N2O3/c1-3-14(7-8-17-4-2)10-5-6-11(12(15)16)13-9-10/h5-6,9H,3-4,7-8H2,1-2H3,(H,15,16). The first-order valence-electron chi connectivity index (χ1n) is 5.71. The van der Waals surface area contributed by atoms with Crippen LogP contribution in [0.25, 0.3) is 0 Å². The number of likely N-dealkylation sites (N-methyl/N-ethyl adjacent to an activating group) is 1. The van der Waals surface area contributed by atoms with Gasteiger partial charge in [0, 0.05) is 19.7 Å². The molecule has 5 nitrogen and oxygen atoms in total. The van der Waals surface area contributed by atoms with Crippen molar-refractivity contribution >= 4 is 11.7 Å². The molecule has 1 heterocycles. The van der Waals surface area contributed by atoms with Crippen molar-refractivity contribution in [2.45, 2.75) is 13.8 Å². The average Bonchev–Trinajstić information content (AvgIpc) is 2.35. The van der Waals surface area contributed by atoms with Gasteiger partial charge in [0.15, 0.2) is 0 Å². The molecule has 94 valence electrons. The van der Waals surface area contributed by atoms with Gasteiger partial charge in [-0.1, -0.05) is 0 Å². The molecule has 0 aromatic carbocycles. The number of rotatable bonds is 7. The van der Waals surface area contributed by atoms with Crippen molar-refractivity contribution in [2.24, 2.45) is 0 Å². The van der Waals surface area contributed by atoms with Crippen LogP contribution in [0.15, 0.2) is 18.3 Å². The van der Waals surface area contributed by atoms with Gasteiger partial charge in [-0.05, 0) is 26.0 Å². The van der Waals surface area contributed by atoms with Crippen molar-refractivity contribution in [1.82, 2.24) is 4.98 Å². The van der Waals surface area contributed by atoms with E-state index in [9.17, 15) is 4.79 Å². The molecule has 0 aliphatic heterocycles. The third-order valence-electron chi connectivity index (χ3n) is 2.42. The van der Waals surface area contributed by atoms with Crippen LogP contribution in [0, 0.1) is 0 Å². The van der Waals surface area contributed by atoms with Crippen molar-refractivity contribution in [1.29, 1.82) is 0 Å². The molecule has 0 bridgehead atoms. The third-order valence-corrected chi connectivity index (χ3v) is 2.42. The van der Waals surface area contributed by atoms with Gasteiger partial charge in [-0.3, -0.25) is 0 Å². The topological polar surface area (TPSA) is 62.7 Å². The van der Waals surface area contributed by atoms with E-state index in [-0.39, 0.29) is 5.69 Å². The molecule has 1 N–H and O–H groups in total. The monoisotopic (exact) mass is 238 g/mol. The third kappa shape index (κ3) is 4.03. The highest BCUT2D eigenvalue weighted by Crippen LogP contribution is 2.12. The molecule has 0 aliphatic rings. The molecule has 1 rings (SSSR count). The molecule has 0 saturated carbocycles. The van der Waals surface area contributed by atoms with Gasteiger partial charge in [-0.2, -0.15) is 0 Å². The second kappa shape index (κ2) is 6.85. The molecule has 0 aliphatic carbocycles. The Balaban J connectivity index is 2.65. The molecule has 1 aromatic rings. The van der Waals surface area contributed by atoms with E-state index in [4.69, 9.17) is 9.84 Å². The van der Waals surface area contributed by atoms with Crippen LogP contribution in [0.5, 0.6) is 0 Å². The first-order valence-corrected chi connectivity index (χ1v) is 5.71. The van der Waals surface area contributed by atoms with Gasteiger partial charge >= 0.3 is 5.97 Å². The zero-order chi connectivity index (χ0) is 12.7. The highest BCUT2D eigenvalue weighted by atomic mass is 16.5. The summed E-state index contributed by atoms with van der Waals surface area (Å²) in [6.45, 7) is 6.97. The highest BCUT2D eigenvalue weighted by Gasteiger charge is 2.07. The van der Waals surface area contributed by atoms with Crippen molar-refractivity contribution in [3.05, 3.63) is 24.0 Å². The first kappa shape index (κ1) is 13.4. The summed E-state index contributed by atoms with van der Waals surface area (Å²) in [7, 11) is 0. The number of carboxylic acid groups (broad SMARTS) is 1. The molecule has 0 amide bonds. The maximum Gasteiger partial charge on any atom is 0.354 e. The fourth-order valence-electron chi connectivity index (χ4n) is 1.49. The van der Waals surface area contributed by atoms with Crippen molar-refractivity contribution in [3.63, 3.8) is 0 Å². The molecule has 0 spiro atoms. The van der Waals surface area contributed by atoms with Crippen LogP contribution in [-0.4, -0.2) is 42.4 Å². The minimum atomic E-state index is -1.01. The zero-order valence-electron chi connectivity index (χ0n) is 10.2. The quantitative estimate of drug-likeness (QED) is 0.732. The Hall–Kier alpha value is -1.62. The number of hydrogen-bond acceptors (Lipinski definition) is 4. The summed E-state index contributed by atoms with van der Waals surface area (Å²) in [5, 5.41) is 8.75. The van der Waals surface area contributed by atoms with Gasteiger partial charge in [0.2, 0.25) is 0 Å². The predicted molar refractivity (Wildman–Crippen MR) is 65.6 cm³/mol. The minimum absolute atomic E-state index is 0.0645. The lowest BCUT2D eigenvalue weighted by Crippen LogP contribution is -2.27. The summed E-state index contributed by atoms with van der Waals surface area (Å²) in [6, 6.07) is 3.28. The Morgan fingerprint density at radius 3 is 2.71 bits per heavy atom. The Morgan fingerprint density at radius 1 is 1.47 bits per heavy atom. The lowest BCUT2D eigenvalue weighted by Gasteiger charge is -2.22. The largest absolute Gasteiger partial charge is 0.477 e. The highest BCUT2D eigenvalue weighted by molar-refractivity contribution is 5.85. The van der Waals surface area contributed by atoms with Gasteiger partial charge in [0.1, 0.15) is 5.69 Å². The molecule has 0 atom stereocenters. The molecular weight excluding hydrogens is 220 g/mol. The summed E-state index contributed by atoms with van der Waals surface area (Å²) >= 11 is 0. The van der Waals surface area contributed by atoms with E-state index >= 15 is 0 Å². The lowest BCUT2D eigenvalue weighted by atomic mass is 10.3. The summed E-state index contributed by atoms with van der Waals surface area (Å²) in [6.07, 6.45) is 1.58. The second-order valence-electron chi connectivity index (χ2n) is 3.48. The van der Waals surface area contributed by atoms with Crippen LogP contribution in [-0.2, 0) is 4.74 Å². The fraction of sp³-hybridized carbons (Fsp3) is 0.500. The number of pyridine rings is 1. The van der Waals surface area contributed by atoms with Crippen molar-refractivity contribution in [3.8, 4) is 0 Å². The molecule has 17 heavy (non-hydrogen) atoms. The number of aromatic carboxylic acids is 1. The molecule has 0 unspecified atom stereocenters. The van der Waals surface area contributed by atoms with E-state index in [0.29, 0.717) is 13.2 Å². The molecule has 1 aromatic heterocycles. The van der Waals surface area contributed by atoms with Gasteiger partial charge in [0.05, 0.1) is 18.5 Å². The van der Waals surface area contributed by atoms with Crippen molar-refractivity contribution in [2.75, 3.05) is 31.2 Å². The predicted octanol–water partition coefficient (Wildman–Crippen LogP) is 1.64. The van der Waals surface area contributed by atoms with E-state index in [2.05, 4.69) is 9.88 Å². The second-order valence-corrected chi connectivity index (χ2v) is 3.48. The van der Waals surface area contributed by atoms with E-state index in [1.807, 2.05) is 13.8 Å². The first-order chi connectivity index (χ1) is 8.19. The van der Waals surface area contributed by atoms with Crippen molar-refractivity contribution < 1.29 is 14.6 Å². The van der Waals surface area contributed by atoms with Crippen LogP contribution >= 0.6 is 0 Å². The summed E-state index contributed by atoms with van der Waals surface area (Å²) < 4.78 is 5.29. The maximum atomic E-state index is 10.7. The van der Waals surface area contributed by atoms with Crippen LogP contribution in [0.2, 0.25) is 0 Å². The van der Waals surface area contributed by atoms with Crippen LogP contribution in [0.3, 0.4) is 0 Å². The normalized spacial score (nSPS) is 10.2. The van der Waals surface area contributed by atoms with E-state index in [1.165, 1.54) is 6.07 Å². The number of aromatic nitrogens is 1. The zero-order valence-corrected chi connectivity index (χ0v) is 10.2. The molecule has 0 radical (unpaired) electrons. The van der Waals surface area contributed by atoms with Gasteiger partial charge in [-0.25, -0.2) is 9.78 Å². The van der Waals surface area contributed by atoms with E-state index in [1.54, 1.807) is 12.3 Å². The Bertz CT molecular complexity index is 351. The number of anilines is 1. The number of hydrogen-bond donors (Lipinski definition) is 1. The Labute approximate surface area is 101 Å². The smallest absolute Gasteiger partial charge is 0.354 e. The number of nitrogens with zero attached hydrogens (tertiary/aromatic N) is 2. The maximum absolute atomic E-state index is 10.7. The molecule has 0 saturated heterocycles. The SMILES string of the molecule is CCOCCN(CC)c1ccc(C(=O)O)nc1. The summed E-state index contributed by atoms with van der Waals surface area (Å²) in [5.41, 5.74) is 0.979. The number of ether oxygens (including phenoxy) is 1. The van der Waals surface area contributed by atoms with E-state index in [0.717, 1.165) is 18.8 Å². The Morgan fingerprint density at radius 2 is 2.24 bits per heavy atom. The van der Waals surface area contributed by atoms with Gasteiger partial charge in [-0.15, -0.1) is 0 Å². The van der Waals surface area contributed by atoms with Crippen LogP contribution in [0.4, 0.5) is 5.69 Å². The number of carbonyl (C=O) groups is 1. The fourth-order valence-corrected chi connectivity index (χ4v) is 1.49. The van der Waals surface area contributed by atoms with E-state index < -0.39 is 5.97 Å².